The molecular weight excluding hydrogens is 599 g/mol. The number of nitrogens with one attached hydrogen (secondary N) is 2. The molecule has 3 N–H and O–H groups in total. The highest BCUT2D eigenvalue weighted by Gasteiger charge is 2.47. The molecule has 0 fully saturated rings. The van der Waals surface area contributed by atoms with E-state index in [9.17, 15) is 31.7 Å². The van der Waals surface area contributed by atoms with Gasteiger partial charge in [-0.05, 0) is 66.9 Å². The number of ketones is 1. The predicted molar refractivity (Wildman–Crippen MR) is 154 cm³/mol. The lowest BCUT2D eigenvalue weighted by atomic mass is 9.66. The Balaban J connectivity index is 1.66. The molecule has 2 aliphatic rings. The van der Waals surface area contributed by atoms with Gasteiger partial charge in [0, 0.05) is 18.4 Å². The van der Waals surface area contributed by atoms with Gasteiger partial charge in [-0.2, -0.15) is 4.76 Å². The van der Waals surface area contributed by atoms with Crippen LogP contribution in [-0.4, -0.2) is 38.5 Å². The second-order valence-corrected chi connectivity index (χ2v) is 14.1. The molecule has 0 radical (unpaired) electrons. The minimum absolute atomic E-state index is 0.00638. The lowest BCUT2D eigenvalue weighted by molar-refractivity contribution is -0.120. The third-order valence-corrected chi connectivity index (χ3v) is 9.75. The molecule has 0 saturated heterocycles. The molecule has 41 heavy (non-hydrogen) atoms. The molecule has 5 rings (SSSR count). The topological polar surface area (TPSA) is 134 Å². The highest BCUT2D eigenvalue weighted by atomic mass is 35.5. The third-order valence-electron chi connectivity index (χ3n) is 6.91. The van der Waals surface area contributed by atoms with Crippen molar-refractivity contribution in [2.45, 2.75) is 18.8 Å². The number of carbonyl (C=O) groups is 1. The normalized spacial score (nSPS) is 22.0. The molecule has 1 heterocycles. The van der Waals surface area contributed by atoms with Crippen LogP contribution in [0.3, 0.4) is 0 Å². The summed E-state index contributed by atoms with van der Waals surface area (Å²) in [6.45, 7) is 1.59. The number of hydrogen-bond acceptors (Lipinski definition) is 7. The van der Waals surface area contributed by atoms with Crippen LogP contribution in [0.4, 0.5) is 20.2 Å². The number of aliphatic hydroxyl groups excluding tert-OH is 1. The number of halogens is 3. The molecule has 1 aliphatic carbocycles. The van der Waals surface area contributed by atoms with Crippen LogP contribution >= 0.6 is 19.1 Å². The van der Waals surface area contributed by atoms with Gasteiger partial charge in [-0.3, -0.25) is 14.1 Å². The van der Waals surface area contributed by atoms with Crippen LogP contribution in [0.1, 0.15) is 23.6 Å². The second kappa shape index (κ2) is 10.1. The Morgan fingerprint density at radius 1 is 1.15 bits per heavy atom. The average Bonchev–Trinajstić information content (AvgIpc) is 2.89. The van der Waals surface area contributed by atoms with Crippen LogP contribution < -0.4 is 15.3 Å². The fourth-order valence-corrected chi connectivity index (χ4v) is 7.32. The van der Waals surface area contributed by atoms with Gasteiger partial charge in [0.1, 0.15) is 28.8 Å². The fourth-order valence-electron chi connectivity index (χ4n) is 5.03. The molecule has 9 nitrogen and oxygen atoms in total. The molecule has 3 aromatic rings. The summed E-state index contributed by atoms with van der Waals surface area (Å²) in [4.78, 5) is 14.2. The Kier molecular flexibility index (Phi) is 7.10. The number of rotatable bonds is 6. The van der Waals surface area contributed by atoms with Crippen molar-refractivity contribution in [2.24, 2.45) is 4.76 Å². The molecule has 0 bridgehead atoms. The number of carbonyl (C=O) groups excluding carboxylic acids is 1. The van der Waals surface area contributed by atoms with Crippen molar-refractivity contribution in [3.8, 4) is 0 Å². The minimum atomic E-state index is -4.11. The highest BCUT2D eigenvalue weighted by molar-refractivity contribution is 7.92. The molecule has 2 atom stereocenters. The summed E-state index contributed by atoms with van der Waals surface area (Å²) in [5.41, 5.74) is -0.657. The van der Waals surface area contributed by atoms with Gasteiger partial charge in [0.2, 0.25) is 10.0 Å². The van der Waals surface area contributed by atoms with Gasteiger partial charge in [0.05, 0.1) is 27.7 Å². The first kappa shape index (κ1) is 28.9. The standard InChI is InChI=1S/C27H23ClF2N3O6PS/c1-27(13-14-4-8-20(30)19(28)10-14)18-7-5-15(29)11-17(18)24(34)23(25(27)35)26-31-21-9-6-16(33-41(3,37)38)12-22(21)40(36,32-26)39-2/h4-12,33-34H,13H2,1-3H3,(H,31,32,36). The lowest BCUT2D eigenvalue weighted by Crippen LogP contribution is -2.44. The minimum Gasteiger partial charge on any atom is -0.506 e. The van der Waals surface area contributed by atoms with Crippen LogP contribution in [-0.2, 0) is 35.7 Å². The van der Waals surface area contributed by atoms with Crippen molar-refractivity contribution < 1.29 is 36.2 Å². The van der Waals surface area contributed by atoms with E-state index in [1.807, 2.05) is 0 Å². The van der Waals surface area contributed by atoms with Gasteiger partial charge < -0.3 is 14.9 Å². The van der Waals surface area contributed by atoms with Crippen molar-refractivity contribution in [1.29, 1.82) is 0 Å². The van der Waals surface area contributed by atoms with Gasteiger partial charge in [-0.1, -0.05) is 23.7 Å². The Morgan fingerprint density at radius 3 is 2.54 bits per heavy atom. The van der Waals surface area contributed by atoms with E-state index in [0.717, 1.165) is 25.5 Å². The molecular formula is C27H23ClF2N3O6PS. The summed E-state index contributed by atoms with van der Waals surface area (Å²) in [5.74, 6) is -2.82. The van der Waals surface area contributed by atoms with Gasteiger partial charge in [0.15, 0.2) is 5.78 Å². The maximum absolute atomic E-state index is 14.4. The van der Waals surface area contributed by atoms with Crippen LogP contribution in [0.15, 0.2) is 64.9 Å². The number of nitrogens with zero attached hydrogens (tertiary/aromatic N) is 1. The first-order valence-corrected chi connectivity index (χ1v) is 15.9. The summed E-state index contributed by atoms with van der Waals surface area (Å²) in [6, 6.07) is 11.7. The van der Waals surface area contributed by atoms with E-state index in [-0.39, 0.29) is 45.1 Å². The quantitative estimate of drug-likeness (QED) is 0.317. The molecule has 214 valence electrons. The lowest BCUT2D eigenvalue weighted by Gasteiger charge is -2.37. The molecule has 0 saturated carbocycles. The van der Waals surface area contributed by atoms with Crippen molar-refractivity contribution in [2.75, 3.05) is 23.4 Å². The summed E-state index contributed by atoms with van der Waals surface area (Å²) in [6.07, 6.45) is 0.950. The number of aliphatic hydroxyl groups is 1. The van der Waals surface area contributed by atoms with Crippen LogP contribution in [0, 0.1) is 11.6 Å². The Morgan fingerprint density at radius 2 is 1.88 bits per heavy atom. The SMILES string of the molecule is COP1(=O)N=C(C2=C(O)c3cc(F)ccc3C(C)(Cc3ccc(F)c(Cl)c3)C2=O)Nc2ccc(NS(C)(=O)=O)cc21. The van der Waals surface area contributed by atoms with E-state index in [2.05, 4.69) is 14.8 Å². The number of Topliss-reactive ketones (excluding diaryl/α,β-unsaturated/α-hetero) is 1. The molecule has 2 unspecified atom stereocenters. The monoisotopic (exact) mass is 621 g/mol. The summed E-state index contributed by atoms with van der Waals surface area (Å²) >= 11 is 5.98. The van der Waals surface area contributed by atoms with Crippen LogP contribution in [0.25, 0.3) is 5.76 Å². The van der Waals surface area contributed by atoms with Crippen LogP contribution in [0.5, 0.6) is 0 Å². The Bertz CT molecular complexity index is 1860. The van der Waals surface area contributed by atoms with Gasteiger partial charge in [-0.15, -0.1) is 0 Å². The number of sulfonamides is 1. The molecule has 0 aromatic heterocycles. The zero-order valence-electron chi connectivity index (χ0n) is 21.8. The second-order valence-electron chi connectivity index (χ2n) is 9.88. The summed E-state index contributed by atoms with van der Waals surface area (Å²) in [5, 5.41) is 14.1. The van der Waals surface area contributed by atoms with Gasteiger partial charge in [-0.25, -0.2) is 17.2 Å². The summed E-state index contributed by atoms with van der Waals surface area (Å²) < 4.78 is 77.3. The van der Waals surface area contributed by atoms with Crippen molar-refractivity contribution in [3.05, 3.63) is 93.5 Å². The first-order valence-electron chi connectivity index (χ1n) is 12.0. The van der Waals surface area contributed by atoms with Crippen molar-refractivity contribution >= 4 is 63.2 Å². The first-order chi connectivity index (χ1) is 19.1. The predicted octanol–water partition coefficient (Wildman–Crippen LogP) is 5.33. The zero-order valence-corrected chi connectivity index (χ0v) is 24.3. The number of fused-ring (bicyclic) bond motifs is 2. The number of anilines is 2. The van der Waals surface area contributed by atoms with Crippen molar-refractivity contribution in [1.82, 2.24) is 0 Å². The van der Waals surface area contributed by atoms with E-state index < -0.39 is 46.1 Å². The van der Waals surface area contributed by atoms with E-state index in [1.54, 1.807) is 6.92 Å². The maximum atomic E-state index is 14.4. The van der Waals surface area contributed by atoms with Crippen LogP contribution in [0.2, 0.25) is 5.02 Å². The molecule has 1 aliphatic heterocycles. The fraction of sp³-hybridized carbons (Fsp3) is 0.185. The van der Waals surface area contributed by atoms with E-state index >= 15 is 0 Å². The van der Waals surface area contributed by atoms with Crippen molar-refractivity contribution in [3.63, 3.8) is 0 Å². The third kappa shape index (κ3) is 5.17. The smallest absolute Gasteiger partial charge is 0.348 e. The number of benzene rings is 3. The summed E-state index contributed by atoms with van der Waals surface area (Å²) in [7, 11) is -6.62. The van der Waals surface area contributed by atoms with E-state index in [4.69, 9.17) is 16.1 Å². The highest BCUT2D eigenvalue weighted by Crippen LogP contribution is 2.53. The number of hydrogen-bond donors (Lipinski definition) is 3. The Labute approximate surface area is 239 Å². The largest absolute Gasteiger partial charge is 0.506 e. The maximum Gasteiger partial charge on any atom is 0.348 e. The Hall–Kier alpha value is -3.57. The zero-order chi connectivity index (χ0) is 29.9. The van der Waals surface area contributed by atoms with Gasteiger partial charge >= 0.3 is 7.52 Å². The molecule has 14 heteroatoms. The molecule has 3 aromatic carbocycles. The molecule has 0 amide bonds. The number of amidine groups is 1. The van der Waals surface area contributed by atoms with Gasteiger partial charge in [0.25, 0.3) is 0 Å². The molecule has 0 spiro atoms. The van der Waals surface area contributed by atoms with E-state index in [0.29, 0.717) is 11.1 Å². The average molecular weight is 622 g/mol. The van der Waals surface area contributed by atoms with E-state index in [1.165, 1.54) is 42.5 Å².